The van der Waals surface area contributed by atoms with Gasteiger partial charge in [0.1, 0.15) is 0 Å². The lowest BCUT2D eigenvalue weighted by Crippen LogP contribution is -2.23. The Balaban J connectivity index is 4.65. The molecule has 0 N–H and O–H groups in total. The smallest absolute Gasteiger partial charge is 0.179 e. The molecule has 0 aliphatic carbocycles. The number of hydrogen-bond donors (Lipinski definition) is 0. The van der Waals surface area contributed by atoms with E-state index >= 15 is 0 Å². The van der Waals surface area contributed by atoms with Crippen LogP contribution in [0.2, 0.25) is 0 Å². The highest BCUT2D eigenvalue weighted by atomic mass is 15.1. The summed E-state index contributed by atoms with van der Waals surface area (Å²) in [4.78, 5) is 3.74. The van der Waals surface area contributed by atoms with Crippen molar-refractivity contribution in [2.75, 3.05) is 34.2 Å². The molecule has 0 saturated heterocycles. The third-order valence-electron chi connectivity index (χ3n) is 3.20. The zero-order valence-corrected chi connectivity index (χ0v) is 12.2. The van der Waals surface area contributed by atoms with Gasteiger partial charge in [-0.2, -0.15) is 10.5 Å². The van der Waals surface area contributed by atoms with Gasteiger partial charge in [-0.25, -0.2) is 0 Å². The fourth-order valence-electron chi connectivity index (χ4n) is 1.84. The van der Waals surface area contributed by atoms with E-state index in [-0.39, 0.29) is 5.92 Å². The van der Waals surface area contributed by atoms with Crippen LogP contribution in [0.5, 0.6) is 0 Å². The highest BCUT2D eigenvalue weighted by Gasteiger charge is 2.14. The molecule has 0 fully saturated rings. The molecule has 1 atom stereocenters. The molecule has 0 amide bonds. The number of rotatable bonds is 7. The fourth-order valence-corrected chi connectivity index (χ4v) is 1.84. The fraction of sp³-hybridized carbons (Fsp3) is 0.714. The molecule has 100 valence electrons. The van der Waals surface area contributed by atoms with E-state index in [2.05, 4.69) is 31.0 Å². The Hall–Kier alpha value is -1.52. The average Bonchev–Trinajstić information content (AvgIpc) is 2.33. The van der Waals surface area contributed by atoms with Crippen molar-refractivity contribution in [3.05, 3.63) is 11.1 Å². The second-order valence-corrected chi connectivity index (χ2v) is 5.06. The maximum Gasteiger partial charge on any atom is 0.179 e. The van der Waals surface area contributed by atoms with E-state index in [9.17, 15) is 0 Å². The van der Waals surface area contributed by atoms with Crippen molar-refractivity contribution in [2.24, 2.45) is 5.92 Å². The molecule has 0 heterocycles. The molecule has 0 rings (SSSR count). The van der Waals surface area contributed by atoms with Gasteiger partial charge in [-0.1, -0.05) is 11.1 Å². The van der Waals surface area contributed by atoms with Crippen LogP contribution in [0.25, 0.3) is 0 Å². The van der Waals surface area contributed by atoms with Crippen molar-refractivity contribution in [1.29, 1.82) is 10.5 Å². The highest BCUT2D eigenvalue weighted by molar-refractivity contribution is 5.15. The minimum absolute atomic E-state index is 0.289. The molecule has 0 aromatic carbocycles. The summed E-state index contributed by atoms with van der Waals surface area (Å²) in [6, 6.07) is 2.26. The maximum absolute atomic E-state index is 8.89. The van der Waals surface area contributed by atoms with Crippen molar-refractivity contribution < 1.29 is 0 Å². The van der Waals surface area contributed by atoms with Crippen molar-refractivity contribution >= 4 is 0 Å². The predicted octanol–water partition coefficient (Wildman–Crippen LogP) is 2.22. The minimum atomic E-state index is 0.289. The lowest BCUT2D eigenvalue weighted by Gasteiger charge is -2.22. The third-order valence-corrected chi connectivity index (χ3v) is 3.20. The molecular formula is C14H24N4. The van der Waals surface area contributed by atoms with Crippen LogP contribution in [-0.2, 0) is 0 Å². The van der Waals surface area contributed by atoms with Crippen LogP contribution in [-0.4, -0.2) is 44.0 Å². The molecule has 1 unspecified atom stereocenters. The Morgan fingerprint density at radius 3 is 2.22 bits per heavy atom. The van der Waals surface area contributed by atoms with E-state index in [1.165, 1.54) is 11.1 Å². The molecule has 0 aliphatic heterocycles. The van der Waals surface area contributed by atoms with Gasteiger partial charge in [0.25, 0.3) is 0 Å². The van der Waals surface area contributed by atoms with Crippen molar-refractivity contribution in [3.63, 3.8) is 0 Å². The number of hydrogen-bond acceptors (Lipinski definition) is 4. The lowest BCUT2D eigenvalue weighted by atomic mass is 9.92. The Morgan fingerprint density at radius 2 is 1.78 bits per heavy atom. The van der Waals surface area contributed by atoms with E-state index < -0.39 is 0 Å². The van der Waals surface area contributed by atoms with Gasteiger partial charge in [0.05, 0.1) is 6.07 Å². The van der Waals surface area contributed by atoms with E-state index in [0.29, 0.717) is 6.42 Å². The summed E-state index contributed by atoms with van der Waals surface area (Å²) in [5.74, 6) is 0.289. The molecular weight excluding hydrogens is 224 g/mol. The summed E-state index contributed by atoms with van der Waals surface area (Å²) in [5.41, 5.74) is 2.58. The van der Waals surface area contributed by atoms with E-state index in [0.717, 1.165) is 19.5 Å². The molecule has 0 aliphatic rings. The van der Waals surface area contributed by atoms with Gasteiger partial charge in [-0.15, -0.1) is 0 Å². The van der Waals surface area contributed by atoms with Crippen LogP contribution in [0, 0.1) is 28.7 Å². The molecule has 0 spiro atoms. The van der Waals surface area contributed by atoms with Crippen molar-refractivity contribution in [3.8, 4) is 12.3 Å². The van der Waals surface area contributed by atoms with Crippen molar-refractivity contribution in [1.82, 2.24) is 9.80 Å². The molecule has 0 saturated carbocycles. The van der Waals surface area contributed by atoms with Gasteiger partial charge in [0, 0.05) is 32.5 Å². The molecule has 4 heteroatoms. The first kappa shape index (κ1) is 16.5. The minimum Gasteiger partial charge on any atom is -0.313 e. The first-order chi connectivity index (χ1) is 8.42. The largest absolute Gasteiger partial charge is 0.313 e. The van der Waals surface area contributed by atoms with Gasteiger partial charge in [-0.3, -0.25) is 0 Å². The number of nitriles is 2. The van der Waals surface area contributed by atoms with Gasteiger partial charge in [0.2, 0.25) is 0 Å². The molecule has 0 aromatic heterocycles. The Labute approximate surface area is 111 Å². The summed E-state index contributed by atoms with van der Waals surface area (Å²) in [7, 11) is 5.84. The summed E-state index contributed by atoms with van der Waals surface area (Å²) < 4.78 is 0. The first-order valence-corrected chi connectivity index (χ1v) is 6.21. The first-order valence-electron chi connectivity index (χ1n) is 6.21. The normalized spacial score (nSPS) is 13.6. The second kappa shape index (κ2) is 8.55. The van der Waals surface area contributed by atoms with Crippen LogP contribution in [0.15, 0.2) is 11.1 Å². The van der Waals surface area contributed by atoms with Crippen LogP contribution in [0.3, 0.4) is 0 Å². The molecule has 0 bridgehead atoms. The summed E-state index contributed by atoms with van der Waals surface area (Å²) in [6.45, 7) is 5.83. The van der Waals surface area contributed by atoms with E-state index in [4.69, 9.17) is 10.5 Å². The number of nitrogens with zero attached hydrogens (tertiary/aromatic N) is 4. The van der Waals surface area contributed by atoms with E-state index in [1.54, 1.807) is 11.9 Å². The summed E-state index contributed by atoms with van der Waals surface area (Å²) >= 11 is 0. The van der Waals surface area contributed by atoms with Gasteiger partial charge < -0.3 is 9.80 Å². The monoisotopic (exact) mass is 248 g/mol. The van der Waals surface area contributed by atoms with Crippen LogP contribution in [0.1, 0.15) is 26.7 Å². The summed E-state index contributed by atoms with van der Waals surface area (Å²) in [6.07, 6.45) is 3.53. The highest BCUT2D eigenvalue weighted by Crippen LogP contribution is 2.21. The lowest BCUT2D eigenvalue weighted by molar-refractivity contribution is 0.350. The van der Waals surface area contributed by atoms with Gasteiger partial charge >= 0.3 is 0 Å². The SMILES string of the molecule is C/C(CCN(C)C#N)=C(\C)C(CC#N)CN(C)C. The molecule has 18 heavy (non-hydrogen) atoms. The predicted molar refractivity (Wildman–Crippen MR) is 73.5 cm³/mol. The molecule has 0 radical (unpaired) electrons. The Morgan fingerprint density at radius 1 is 1.17 bits per heavy atom. The van der Waals surface area contributed by atoms with Gasteiger partial charge in [0.15, 0.2) is 6.19 Å². The summed E-state index contributed by atoms with van der Waals surface area (Å²) in [5, 5.41) is 17.6. The molecule has 0 aromatic rings. The van der Waals surface area contributed by atoms with Crippen molar-refractivity contribution in [2.45, 2.75) is 26.7 Å². The topological polar surface area (TPSA) is 54.1 Å². The third kappa shape index (κ3) is 6.27. The zero-order chi connectivity index (χ0) is 14.1. The molecule has 4 nitrogen and oxygen atoms in total. The second-order valence-electron chi connectivity index (χ2n) is 5.06. The quantitative estimate of drug-likeness (QED) is 0.394. The zero-order valence-electron chi connectivity index (χ0n) is 12.2. The van der Waals surface area contributed by atoms with Crippen LogP contribution >= 0.6 is 0 Å². The average molecular weight is 248 g/mol. The van der Waals surface area contributed by atoms with Crippen LogP contribution < -0.4 is 0 Å². The van der Waals surface area contributed by atoms with Gasteiger partial charge in [-0.05, 0) is 34.4 Å². The Kier molecular flexibility index (Phi) is 7.83. The Bertz CT molecular complexity index is 357. The van der Waals surface area contributed by atoms with Crippen LogP contribution in [0.4, 0.5) is 0 Å². The maximum atomic E-state index is 8.89. The van der Waals surface area contributed by atoms with E-state index in [1.807, 2.05) is 14.1 Å². The standard InChI is InChI=1S/C14H24N4/c1-12(7-9-18(5)11-16)13(2)14(6-8-15)10-17(3)4/h14H,6-7,9-10H2,1-5H3/b13-12-.